The lowest BCUT2D eigenvalue weighted by Gasteiger charge is -2.31. The van der Waals surface area contributed by atoms with E-state index in [0.717, 1.165) is 0 Å². The molecule has 0 saturated heterocycles. The van der Waals surface area contributed by atoms with Crippen LogP contribution in [0, 0.1) is 11.3 Å². The molecule has 1 heterocycles. The van der Waals surface area contributed by atoms with Crippen LogP contribution in [0.15, 0.2) is 89.8 Å². The number of para-hydroxylation sites is 1. The zero-order valence-corrected chi connectivity index (χ0v) is 25.4. The van der Waals surface area contributed by atoms with Crippen LogP contribution in [-0.2, 0) is 20.4 Å². The molecule has 0 fully saturated rings. The Bertz CT molecular complexity index is 1940. The van der Waals surface area contributed by atoms with Crippen LogP contribution >= 0.6 is 0 Å². The quantitative estimate of drug-likeness (QED) is 0.283. The maximum Gasteiger partial charge on any atom is 0.414 e. The van der Waals surface area contributed by atoms with Gasteiger partial charge in [0.1, 0.15) is 33.6 Å². The van der Waals surface area contributed by atoms with Crippen molar-refractivity contribution < 1.29 is 41.7 Å². The molecule has 13 heteroatoms. The van der Waals surface area contributed by atoms with E-state index < -0.39 is 27.6 Å². The van der Waals surface area contributed by atoms with Crippen LogP contribution in [-0.4, -0.2) is 48.9 Å². The first-order chi connectivity index (χ1) is 21.6. The number of hydrogen-bond donors (Lipinski definition) is 1. The van der Waals surface area contributed by atoms with Gasteiger partial charge in [0.05, 0.1) is 45.8 Å². The number of fused-ring (bicyclic) bond motifs is 1. The normalized spacial score (nSPS) is 15.4. The molecule has 230 valence electrons. The molecule has 1 aliphatic heterocycles. The van der Waals surface area contributed by atoms with Crippen molar-refractivity contribution in [3.05, 3.63) is 102 Å². The summed E-state index contributed by atoms with van der Waals surface area (Å²) >= 11 is 0. The number of amides is 2. The van der Waals surface area contributed by atoms with Gasteiger partial charge in [-0.3, -0.25) is 10.1 Å². The number of hydrogen-bond acceptors (Lipinski definition) is 10. The van der Waals surface area contributed by atoms with Crippen molar-refractivity contribution >= 4 is 27.7 Å². The fourth-order valence-corrected chi connectivity index (χ4v) is 6.72. The van der Waals surface area contributed by atoms with Gasteiger partial charge < -0.3 is 23.7 Å². The molecular weight excluding hydrogens is 602 g/mol. The summed E-state index contributed by atoms with van der Waals surface area (Å²) in [6.07, 6.45) is -1.09. The first-order valence-corrected chi connectivity index (χ1v) is 14.7. The molecule has 2 amide bonds. The number of nitrogens with one attached hydrogen (secondary N) is 1. The highest BCUT2D eigenvalue weighted by Crippen LogP contribution is 2.51. The van der Waals surface area contributed by atoms with Gasteiger partial charge in [-0.25, -0.2) is 13.2 Å². The lowest BCUT2D eigenvalue weighted by atomic mass is 9.82. The van der Waals surface area contributed by atoms with E-state index in [1.165, 1.54) is 89.1 Å². The van der Waals surface area contributed by atoms with Crippen molar-refractivity contribution in [3.8, 4) is 34.8 Å². The third kappa shape index (κ3) is 5.21. The van der Waals surface area contributed by atoms with Gasteiger partial charge in [-0.15, -0.1) is 0 Å². The highest BCUT2D eigenvalue weighted by Gasteiger charge is 2.59. The molecule has 4 aromatic rings. The molecule has 0 saturated carbocycles. The van der Waals surface area contributed by atoms with Crippen molar-refractivity contribution in [2.75, 3.05) is 32.7 Å². The van der Waals surface area contributed by atoms with E-state index in [9.17, 15) is 23.3 Å². The zero-order valence-electron chi connectivity index (χ0n) is 24.6. The fourth-order valence-electron chi connectivity index (χ4n) is 5.11. The number of anilines is 1. The summed E-state index contributed by atoms with van der Waals surface area (Å²) in [6, 6.07) is 22.6. The van der Waals surface area contributed by atoms with Crippen LogP contribution in [0.25, 0.3) is 0 Å². The smallest absolute Gasteiger partial charge is 0.414 e. The second-order valence-electron chi connectivity index (χ2n) is 9.58. The van der Waals surface area contributed by atoms with Gasteiger partial charge in [-0.1, -0.05) is 18.2 Å². The molecule has 12 nitrogen and oxygen atoms in total. The molecular formula is C32H27N3O9S. The summed E-state index contributed by atoms with van der Waals surface area (Å²) in [5.74, 6) is -0.344. The minimum atomic E-state index is -4.74. The minimum absolute atomic E-state index is 0.0232. The summed E-state index contributed by atoms with van der Waals surface area (Å²) in [6.45, 7) is 0. The van der Waals surface area contributed by atoms with Gasteiger partial charge in [-0.05, 0) is 60.7 Å². The molecule has 5 rings (SSSR count). The third-order valence-corrected chi connectivity index (χ3v) is 8.93. The molecule has 0 aliphatic carbocycles. The Morgan fingerprint density at radius 1 is 0.778 bits per heavy atom. The molecule has 0 radical (unpaired) electrons. The van der Waals surface area contributed by atoms with Crippen LogP contribution in [0.3, 0.4) is 0 Å². The number of ether oxygens (including phenoxy) is 5. The molecule has 1 N–H and O–H groups in total. The summed E-state index contributed by atoms with van der Waals surface area (Å²) in [7, 11) is 0.699. The number of carbonyl (C=O) groups excluding carboxylic acids is 2. The summed E-state index contributed by atoms with van der Waals surface area (Å²) < 4.78 is 56.5. The summed E-state index contributed by atoms with van der Waals surface area (Å²) in [5.41, 5.74) is -2.33. The average Bonchev–Trinajstić information content (AvgIpc) is 3.31. The number of sulfonamides is 1. The Morgan fingerprint density at radius 3 is 2.09 bits per heavy atom. The van der Waals surface area contributed by atoms with E-state index in [1.807, 2.05) is 6.07 Å². The Balaban J connectivity index is 1.81. The fraction of sp³-hybridized carbons (Fsp3) is 0.156. The van der Waals surface area contributed by atoms with Gasteiger partial charge in [0, 0.05) is 17.2 Å². The lowest BCUT2D eigenvalue weighted by molar-refractivity contribution is -0.121. The molecule has 0 bridgehead atoms. The van der Waals surface area contributed by atoms with E-state index in [1.54, 1.807) is 24.3 Å². The molecule has 1 aliphatic rings. The minimum Gasteiger partial charge on any atom is -0.497 e. The van der Waals surface area contributed by atoms with E-state index >= 15 is 0 Å². The zero-order chi connectivity index (χ0) is 32.4. The van der Waals surface area contributed by atoms with Crippen molar-refractivity contribution in [1.82, 2.24) is 5.32 Å². The van der Waals surface area contributed by atoms with Crippen LogP contribution in [0.5, 0.6) is 28.7 Å². The Morgan fingerprint density at radius 2 is 1.44 bits per heavy atom. The van der Waals surface area contributed by atoms with Gasteiger partial charge in [-0.2, -0.15) is 9.57 Å². The van der Waals surface area contributed by atoms with E-state index in [0.29, 0.717) is 10.1 Å². The van der Waals surface area contributed by atoms with Crippen LogP contribution in [0.1, 0.15) is 16.7 Å². The molecule has 4 aromatic carbocycles. The Labute approximate surface area is 259 Å². The molecule has 0 unspecified atom stereocenters. The average molecular weight is 630 g/mol. The number of benzene rings is 4. The largest absolute Gasteiger partial charge is 0.497 e. The Kier molecular flexibility index (Phi) is 8.26. The number of nitrogens with zero attached hydrogens (tertiary/aromatic N) is 2. The predicted octanol–water partition coefficient (Wildman–Crippen LogP) is 4.36. The standard InChI is InChI=1S/C32H27N3O9S/c1-40-22-11-14-27(42-3)25(17-22)32(34-31(37)44-21-8-6-5-7-9-21)24-16-20(19-33)10-13-26(24)35(30(32)36)45(38,39)29-15-12-23(41-2)18-28(29)43-4/h5-18H,1-4H3,(H,34,37)/t32-/m0/s1. The van der Waals surface area contributed by atoms with Gasteiger partial charge in [0.2, 0.25) is 0 Å². The first-order valence-electron chi connectivity index (χ1n) is 13.3. The van der Waals surface area contributed by atoms with E-state index in [-0.39, 0.29) is 50.3 Å². The molecule has 0 spiro atoms. The van der Waals surface area contributed by atoms with Gasteiger partial charge >= 0.3 is 6.09 Å². The van der Waals surface area contributed by atoms with E-state index in [2.05, 4.69) is 5.32 Å². The maximum absolute atomic E-state index is 14.9. The molecule has 1 atom stereocenters. The summed E-state index contributed by atoms with van der Waals surface area (Å²) in [4.78, 5) is 28.1. The van der Waals surface area contributed by atoms with Gasteiger partial charge in [0.25, 0.3) is 15.9 Å². The lowest BCUT2D eigenvalue weighted by Crippen LogP contribution is -2.55. The van der Waals surface area contributed by atoms with Gasteiger partial charge in [0.15, 0.2) is 5.54 Å². The predicted molar refractivity (Wildman–Crippen MR) is 161 cm³/mol. The van der Waals surface area contributed by atoms with Crippen LogP contribution in [0.2, 0.25) is 0 Å². The first kappa shape index (κ1) is 30.7. The molecule has 0 aromatic heterocycles. The number of rotatable bonds is 9. The second kappa shape index (κ2) is 12.1. The van der Waals surface area contributed by atoms with Crippen LogP contribution < -0.4 is 33.3 Å². The van der Waals surface area contributed by atoms with Crippen LogP contribution in [0.4, 0.5) is 10.5 Å². The number of carbonyl (C=O) groups is 2. The second-order valence-corrected chi connectivity index (χ2v) is 11.3. The van der Waals surface area contributed by atoms with Crippen molar-refractivity contribution in [2.45, 2.75) is 10.4 Å². The highest BCUT2D eigenvalue weighted by atomic mass is 32.2. The van der Waals surface area contributed by atoms with Crippen molar-refractivity contribution in [1.29, 1.82) is 5.26 Å². The topological polar surface area (TPSA) is 153 Å². The number of methoxy groups -OCH3 is 4. The third-order valence-electron chi connectivity index (χ3n) is 7.20. The SMILES string of the molecule is COc1ccc(S(=O)(=O)N2C(=O)[C@@](NC(=O)Oc3ccccc3)(c3cc(OC)ccc3OC)c3cc(C#N)ccc32)c(OC)c1. The van der Waals surface area contributed by atoms with E-state index in [4.69, 9.17) is 23.7 Å². The number of nitriles is 1. The van der Waals surface area contributed by atoms with Crippen molar-refractivity contribution in [3.63, 3.8) is 0 Å². The van der Waals surface area contributed by atoms with Crippen molar-refractivity contribution in [2.24, 2.45) is 0 Å². The summed E-state index contributed by atoms with van der Waals surface area (Å²) in [5, 5.41) is 12.4. The molecule has 45 heavy (non-hydrogen) atoms. The monoisotopic (exact) mass is 629 g/mol. The maximum atomic E-state index is 14.9. The Hall–Kier alpha value is -5.74. The highest BCUT2D eigenvalue weighted by molar-refractivity contribution is 7.93.